The molecule has 1 amide bonds. The highest BCUT2D eigenvalue weighted by molar-refractivity contribution is 7.16. The second-order valence-electron chi connectivity index (χ2n) is 8.65. The minimum absolute atomic E-state index is 0.138. The summed E-state index contributed by atoms with van der Waals surface area (Å²) in [7, 11) is 3.86. The van der Waals surface area contributed by atoms with Gasteiger partial charge in [0.15, 0.2) is 0 Å². The Bertz CT molecular complexity index is 964. The van der Waals surface area contributed by atoms with Gasteiger partial charge in [-0.2, -0.15) is 0 Å². The Balaban J connectivity index is 1.31. The van der Waals surface area contributed by atoms with Gasteiger partial charge in [-0.05, 0) is 68.2 Å². The van der Waals surface area contributed by atoms with Crippen LogP contribution in [0, 0.1) is 5.41 Å². The van der Waals surface area contributed by atoms with Crippen molar-refractivity contribution in [3.05, 3.63) is 50.9 Å². The van der Waals surface area contributed by atoms with Gasteiger partial charge in [-0.15, -0.1) is 11.3 Å². The highest BCUT2D eigenvalue weighted by Gasteiger charge is 2.29. The summed E-state index contributed by atoms with van der Waals surface area (Å²) in [6.45, 7) is 0. The maximum absolute atomic E-state index is 12.7. The van der Waals surface area contributed by atoms with Gasteiger partial charge in [0.25, 0.3) is 0 Å². The van der Waals surface area contributed by atoms with E-state index in [2.05, 4.69) is 10.6 Å². The zero-order valence-corrected chi connectivity index (χ0v) is 19.8. The van der Waals surface area contributed by atoms with E-state index in [9.17, 15) is 4.79 Å². The lowest BCUT2D eigenvalue weighted by Crippen LogP contribution is -2.45. The van der Waals surface area contributed by atoms with Crippen molar-refractivity contribution in [2.45, 2.75) is 63.5 Å². The molecular weight excluding hydrogens is 428 g/mol. The molecule has 1 saturated carbocycles. The molecule has 0 aliphatic heterocycles. The molecule has 2 aromatic rings. The van der Waals surface area contributed by atoms with E-state index in [1.165, 1.54) is 16.9 Å². The number of hydrogen-bond donors (Lipinski definition) is 3. The molecule has 5 nitrogen and oxygen atoms in total. The fourth-order valence-corrected chi connectivity index (χ4v) is 6.34. The Morgan fingerprint density at radius 3 is 2.74 bits per heavy atom. The van der Waals surface area contributed by atoms with Crippen LogP contribution in [-0.4, -0.2) is 42.8 Å². The molecule has 31 heavy (non-hydrogen) atoms. The van der Waals surface area contributed by atoms with Gasteiger partial charge >= 0.3 is 0 Å². The predicted octanol–water partition coefficient (Wildman–Crippen LogP) is 4.86. The number of thiophene rings is 1. The van der Waals surface area contributed by atoms with Gasteiger partial charge < -0.3 is 15.5 Å². The Hall–Kier alpha value is -2.05. The Labute approximate surface area is 193 Å². The van der Waals surface area contributed by atoms with Crippen LogP contribution in [0.25, 0.3) is 0 Å². The van der Waals surface area contributed by atoms with Crippen molar-refractivity contribution in [2.75, 3.05) is 19.4 Å². The van der Waals surface area contributed by atoms with Crippen LogP contribution >= 0.6 is 22.9 Å². The lowest BCUT2D eigenvalue weighted by Gasteiger charge is -2.35. The molecular formula is C24H31ClN4OS. The smallest absolute Gasteiger partial charge is 0.226 e. The largest absolute Gasteiger partial charge is 0.379 e. The van der Waals surface area contributed by atoms with Gasteiger partial charge in [0.05, 0.1) is 17.0 Å². The van der Waals surface area contributed by atoms with Crippen LogP contribution < -0.4 is 10.6 Å². The molecule has 1 heterocycles. The third kappa shape index (κ3) is 4.90. The summed E-state index contributed by atoms with van der Waals surface area (Å²) >= 11 is 7.85. The number of benzene rings is 1. The van der Waals surface area contributed by atoms with E-state index in [4.69, 9.17) is 17.0 Å². The average molecular weight is 459 g/mol. The molecule has 0 spiro atoms. The molecule has 0 atom stereocenters. The Morgan fingerprint density at radius 2 is 2.03 bits per heavy atom. The van der Waals surface area contributed by atoms with Gasteiger partial charge in [0.1, 0.15) is 5.84 Å². The van der Waals surface area contributed by atoms with Crippen LogP contribution in [0.2, 0.25) is 5.02 Å². The Kier molecular flexibility index (Phi) is 6.87. The molecule has 0 bridgehead atoms. The summed E-state index contributed by atoms with van der Waals surface area (Å²) in [6.07, 6.45) is 7.68. The summed E-state index contributed by atoms with van der Waals surface area (Å²) in [5.41, 5.74) is 3.40. The van der Waals surface area contributed by atoms with Crippen LogP contribution in [0.15, 0.2) is 24.3 Å². The highest BCUT2D eigenvalue weighted by Crippen LogP contribution is 2.39. The quantitative estimate of drug-likeness (QED) is 0.427. The summed E-state index contributed by atoms with van der Waals surface area (Å²) in [5, 5.41) is 17.3. The summed E-state index contributed by atoms with van der Waals surface area (Å²) < 4.78 is 0. The number of amidine groups is 1. The highest BCUT2D eigenvalue weighted by atomic mass is 35.5. The molecule has 7 heteroatoms. The second kappa shape index (κ2) is 9.61. The van der Waals surface area contributed by atoms with Gasteiger partial charge in [-0.3, -0.25) is 10.2 Å². The maximum Gasteiger partial charge on any atom is 0.226 e. The van der Waals surface area contributed by atoms with Crippen molar-refractivity contribution in [2.24, 2.45) is 0 Å². The van der Waals surface area contributed by atoms with E-state index >= 15 is 0 Å². The first-order valence-corrected chi connectivity index (χ1v) is 12.3. The standard InChI is InChI=1S/C24H31ClN4OS/c1-27-24-22(19-7-4-8-20(19)31-24)23(26)28-17-9-11-18(12-10-17)29(2)21(30)14-15-5-3-6-16(25)13-15/h3,5-6,13,17-18,27H,4,7-12,14H2,1-2H3,(H2,26,28). The lowest BCUT2D eigenvalue weighted by molar-refractivity contribution is -0.131. The number of hydrogen-bond acceptors (Lipinski definition) is 4. The maximum atomic E-state index is 12.7. The average Bonchev–Trinajstić information content (AvgIpc) is 3.34. The van der Waals surface area contributed by atoms with Crippen LogP contribution in [0.1, 0.15) is 53.7 Å². The first-order valence-electron chi connectivity index (χ1n) is 11.1. The monoisotopic (exact) mass is 458 g/mol. The number of halogens is 1. The van der Waals surface area contributed by atoms with E-state index in [0.717, 1.165) is 54.7 Å². The third-order valence-corrected chi connectivity index (χ3v) is 8.17. The minimum Gasteiger partial charge on any atom is -0.379 e. The molecule has 0 saturated heterocycles. The number of carbonyl (C=O) groups excluding carboxylic acids is 1. The summed E-state index contributed by atoms with van der Waals surface area (Å²) in [5.74, 6) is 0.691. The molecule has 3 N–H and O–H groups in total. The van der Waals surface area contributed by atoms with Crippen molar-refractivity contribution in [3.63, 3.8) is 0 Å². The van der Waals surface area contributed by atoms with E-state index in [0.29, 0.717) is 23.3 Å². The van der Waals surface area contributed by atoms with Crippen LogP contribution in [0.5, 0.6) is 0 Å². The van der Waals surface area contributed by atoms with Gasteiger partial charge in [0.2, 0.25) is 5.91 Å². The van der Waals surface area contributed by atoms with Crippen molar-refractivity contribution < 1.29 is 4.79 Å². The lowest BCUT2D eigenvalue weighted by atomic mass is 9.89. The number of rotatable bonds is 6. The molecule has 4 rings (SSSR count). The van der Waals surface area contributed by atoms with Gasteiger partial charge in [0, 0.05) is 36.1 Å². The number of fused-ring (bicyclic) bond motifs is 1. The molecule has 1 fully saturated rings. The number of amides is 1. The molecule has 1 aromatic heterocycles. The van der Waals surface area contributed by atoms with E-state index < -0.39 is 0 Å². The van der Waals surface area contributed by atoms with E-state index in [-0.39, 0.29) is 11.9 Å². The van der Waals surface area contributed by atoms with Crippen LogP contribution in [0.3, 0.4) is 0 Å². The molecule has 1 aromatic carbocycles. The molecule has 0 unspecified atom stereocenters. The number of carbonyl (C=O) groups is 1. The van der Waals surface area contributed by atoms with Crippen molar-refractivity contribution in [3.8, 4) is 0 Å². The number of anilines is 1. The third-order valence-electron chi connectivity index (χ3n) is 6.63. The molecule has 2 aliphatic carbocycles. The number of nitrogens with one attached hydrogen (secondary N) is 3. The SMILES string of the molecule is CNc1sc2c(c1C(=N)NC1CCC(N(C)C(=O)Cc3cccc(Cl)c3)CC1)CCC2. The first kappa shape index (κ1) is 22.2. The first-order chi connectivity index (χ1) is 15.0. The van der Waals surface area contributed by atoms with Gasteiger partial charge in [-0.25, -0.2) is 0 Å². The summed E-state index contributed by atoms with van der Waals surface area (Å²) in [4.78, 5) is 16.1. The number of likely N-dealkylation sites (N-methyl/N-ethyl adjacent to an activating group) is 1. The predicted molar refractivity (Wildman–Crippen MR) is 130 cm³/mol. The normalized spacial score (nSPS) is 20.2. The van der Waals surface area contributed by atoms with E-state index in [1.54, 1.807) is 11.3 Å². The Morgan fingerprint density at radius 1 is 1.26 bits per heavy atom. The molecule has 2 aliphatic rings. The number of aryl methyl sites for hydroxylation is 1. The topological polar surface area (TPSA) is 68.2 Å². The zero-order chi connectivity index (χ0) is 22.0. The fraction of sp³-hybridized carbons (Fsp3) is 0.500. The molecule has 166 valence electrons. The summed E-state index contributed by atoms with van der Waals surface area (Å²) in [6, 6.07) is 8.08. The zero-order valence-electron chi connectivity index (χ0n) is 18.3. The van der Waals surface area contributed by atoms with Crippen LogP contribution in [-0.2, 0) is 24.1 Å². The molecule has 0 radical (unpaired) electrons. The fourth-order valence-electron chi connectivity index (χ4n) is 4.88. The van der Waals surface area contributed by atoms with Crippen molar-refractivity contribution >= 4 is 39.7 Å². The van der Waals surface area contributed by atoms with E-state index in [1.807, 2.05) is 43.3 Å². The van der Waals surface area contributed by atoms with Gasteiger partial charge in [-0.1, -0.05) is 23.7 Å². The number of nitrogens with zero attached hydrogens (tertiary/aromatic N) is 1. The van der Waals surface area contributed by atoms with Crippen molar-refractivity contribution in [1.82, 2.24) is 10.2 Å². The van der Waals surface area contributed by atoms with Crippen molar-refractivity contribution in [1.29, 1.82) is 5.41 Å². The minimum atomic E-state index is 0.138. The second-order valence-corrected chi connectivity index (χ2v) is 10.2. The van der Waals surface area contributed by atoms with Crippen LogP contribution in [0.4, 0.5) is 5.00 Å².